The van der Waals surface area contributed by atoms with Gasteiger partial charge >= 0.3 is 0 Å². The van der Waals surface area contributed by atoms with Crippen molar-refractivity contribution in [2.75, 3.05) is 0 Å². The van der Waals surface area contributed by atoms with Gasteiger partial charge in [0.15, 0.2) is 6.20 Å². The molecule has 2 aromatic rings. The number of nitrogens with zero attached hydrogens (tertiary/aromatic N) is 2. The van der Waals surface area contributed by atoms with Crippen LogP contribution in [0.1, 0.15) is 5.56 Å². The lowest BCUT2D eigenvalue weighted by Crippen LogP contribution is -2.31. The van der Waals surface area contributed by atoms with E-state index >= 15 is 0 Å². The largest absolute Gasteiger partial charge is 0.868 e. The Morgan fingerprint density at radius 2 is 2.00 bits per heavy atom. The van der Waals surface area contributed by atoms with Gasteiger partial charge in [0, 0.05) is 11.1 Å². The first-order valence-corrected chi connectivity index (χ1v) is 5.11. The summed E-state index contributed by atoms with van der Waals surface area (Å²) in [5.41, 5.74) is 0.586. The number of benzene rings is 1. The SMILES string of the molecule is [O-]/C(=C\[n+]1ccccn1)c1ccc(Cl)cc1. The monoisotopic (exact) mass is 232 g/mol. The third-order valence-corrected chi connectivity index (χ3v) is 2.27. The minimum Gasteiger partial charge on any atom is -0.868 e. The predicted molar refractivity (Wildman–Crippen MR) is 60.1 cm³/mol. The van der Waals surface area contributed by atoms with Gasteiger partial charge in [-0.2, -0.15) is 0 Å². The molecule has 2 rings (SSSR count). The molecule has 0 atom stereocenters. The van der Waals surface area contributed by atoms with Gasteiger partial charge in [0.2, 0.25) is 6.20 Å². The van der Waals surface area contributed by atoms with Crippen LogP contribution in [0.2, 0.25) is 5.02 Å². The number of hydrogen-bond donors (Lipinski definition) is 0. The van der Waals surface area contributed by atoms with Crippen molar-refractivity contribution in [2.24, 2.45) is 0 Å². The van der Waals surface area contributed by atoms with Crippen LogP contribution in [0.25, 0.3) is 12.0 Å². The van der Waals surface area contributed by atoms with Crippen LogP contribution in [-0.4, -0.2) is 5.10 Å². The third kappa shape index (κ3) is 2.58. The molecular weight excluding hydrogens is 224 g/mol. The van der Waals surface area contributed by atoms with Crippen LogP contribution in [0.3, 0.4) is 0 Å². The van der Waals surface area contributed by atoms with Crippen molar-refractivity contribution in [3.8, 4) is 0 Å². The van der Waals surface area contributed by atoms with E-state index in [2.05, 4.69) is 5.10 Å². The molecule has 0 amide bonds. The summed E-state index contributed by atoms with van der Waals surface area (Å²) in [4.78, 5) is 0. The molecule has 0 aliphatic heterocycles. The summed E-state index contributed by atoms with van der Waals surface area (Å²) in [6, 6.07) is 10.3. The van der Waals surface area contributed by atoms with Gasteiger partial charge in [-0.25, -0.2) is 0 Å². The molecule has 0 N–H and O–H groups in total. The second-order valence-electron chi connectivity index (χ2n) is 3.18. The number of rotatable bonds is 2. The fourth-order valence-electron chi connectivity index (χ4n) is 1.23. The minimum atomic E-state index is -0.111. The van der Waals surface area contributed by atoms with Gasteiger partial charge in [-0.1, -0.05) is 28.4 Å². The first-order valence-electron chi connectivity index (χ1n) is 4.73. The maximum atomic E-state index is 11.8. The molecule has 1 aromatic carbocycles. The molecule has 16 heavy (non-hydrogen) atoms. The molecule has 1 aromatic heterocycles. The third-order valence-electron chi connectivity index (χ3n) is 2.01. The number of halogens is 1. The highest BCUT2D eigenvalue weighted by Crippen LogP contribution is 2.13. The molecule has 0 spiro atoms. The number of hydrogen-bond acceptors (Lipinski definition) is 2. The van der Waals surface area contributed by atoms with E-state index in [4.69, 9.17) is 11.6 Å². The van der Waals surface area contributed by atoms with Crippen LogP contribution in [0, 0.1) is 0 Å². The Labute approximate surface area is 98.2 Å². The molecule has 0 aliphatic carbocycles. The van der Waals surface area contributed by atoms with Gasteiger partial charge in [0.25, 0.3) is 0 Å². The predicted octanol–water partition coefficient (Wildman–Crippen LogP) is 1.34. The Hall–Kier alpha value is -1.87. The van der Waals surface area contributed by atoms with E-state index in [0.29, 0.717) is 10.6 Å². The molecule has 0 saturated carbocycles. The summed E-state index contributed by atoms with van der Waals surface area (Å²) in [5.74, 6) is -0.111. The summed E-state index contributed by atoms with van der Waals surface area (Å²) in [5, 5.41) is 16.4. The minimum absolute atomic E-state index is 0.111. The highest BCUT2D eigenvalue weighted by Gasteiger charge is 1.97. The van der Waals surface area contributed by atoms with Gasteiger partial charge in [-0.3, -0.25) is 0 Å². The van der Waals surface area contributed by atoms with E-state index in [-0.39, 0.29) is 5.76 Å². The summed E-state index contributed by atoms with van der Waals surface area (Å²) in [6.07, 6.45) is 4.74. The van der Waals surface area contributed by atoms with Crippen molar-refractivity contribution in [1.29, 1.82) is 0 Å². The first-order chi connectivity index (χ1) is 7.75. The molecule has 4 heteroatoms. The Kier molecular flexibility index (Phi) is 3.17. The lowest BCUT2D eigenvalue weighted by molar-refractivity contribution is -0.635. The summed E-state index contributed by atoms with van der Waals surface area (Å²) < 4.78 is 1.47. The fraction of sp³-hybridized carbons (Fsp3) is 0. The first kappa shape index (κ1) is 10.6. The second-order valence-corrected chi connectivity index (χ2v) is 3.62. The lowest BCUT2D eigenvalue weighted by Gasteiger charge is -2.08. The van der Waals surface area contributed by atoms with E-state index in [1.807, 2.05) is 0 Å². The van der Waals surface area contributed by atoms with Gasteiger partial charge in [0.1, 0.15) is 0 Å². The second kappa shape index (κ2) is 4.77. The van der Waals surface area contributed by atoms with Crippen LogP contribution in [-0.2, 0) is 0 Å². The quantitative estimate of drug-likeness (QED) is 0.579. The van der Waals surface area contributed by atoms with Crippen LogP contribution >= 0.6 is 11.6 Å². The Morgan fingerprint density at radius 3 is 2.62 bits per heavy atom. The zero-order valence-corrected chi connectivity index (χ0v) is 9.13. The van der Waals surface area contributed by atoms with Crippen LogP contribution < -0.4 is 9.79 Å². The van der Waals surface area contributed by atoms with Gasteiger partial charge < -0.3 is 5.11 Å². The zero-order chi connectivity index (χ0) is 11.4. The molecule has 80 valence electrons. The maximum Gasteiger partial charge on any atom is 0.202 e. The summed E-state index contributed by atoms with van der Waals surface area (Å²) in [7, 11) is 0. The highest BCUT2D eigenvalue weighted by atomic mass is 35.5. The Balaban J connectivity index is 2.28. The smallest absolute Gasteiger partial charge is 0.202 e. The highest BCUT2D eigenvalue weighted by molar-refractivity contribution is 6.30. The Morgan fingerprint density at radius 1 is 1.25 bits per heavy atom. The molecule has 0 bridgehead atoms. The zero-order valence-electron chi connectivity index (χ0n) is 8.38. The van der Waals surface area contributed by atoms with Crippen molar-refractivity contribution < 1.29 is 9.79 Å². The van der Waals surface area contributed by atoms with E-state index < -0.39 is 0 Å². The normalized spacial score (nSPS) is 11.4. The van der Waals surface area contributed by atoms with Crippen molar-refractivity contribution in [3.05, 3.63) is 59.4 Å². The number of aromatic nitrogens is 2. The van der Waals surface area contributed by atoms with E-state index in [1.54, 1.807) is 48.8 Å². The summed E-state index contributed by atoms with van der Waals surface area (Å²) >= 11 is 5.74. The standard InChI is InChI=1S/C12H9ClN2O/c13-11-5-3-10(4-6-11)12(16)9-15-8-2-1-7-14-15/h1-9H. The van der Waals surface area contributed by atoms with Crippen molar-refractivity contribution in [2.45, 2.75) is 0 Å². The molecule has 0 aliphatic rings. The maximum absolute atomic E-state index is 11.8. The van der Waals surface area contributed by atoms with Crippen LogP contribution in [0.5, 0.6) is 0 Å². The average molecular weight is 233 g/mol. The fourth-order valence-corrected chi connectivity index (χ4v) is 1.35. The average Bonchev–Trinajstić information content (AvgIpc) is 2.31. The van der Waals surface area contributed by atoms with Gasteiger partial charge in [-0.05, 0) is 34.6 Å². The van der Waals surface area contributed by atoms with E-state index in [1.165, 1.54) is 10.9 Å². The molecular formula is C12H9ClN2O. The van der Waals surface area contributed by atoms with Crippen molar-refractivity contribution >= 4 is 23.6 Å². The topological polar surface area (TPSA) is 39.8 Å². The van der Waals surface area contributed by atoms with E-state index in [9.17, 15) is 5.11 Å². The lowest BCUT2D eigenvalue weighted by atomic mass is 10.2. The molecule has 0 fully saturated rings. The molecule has 0 unspecified atom stereocenters. The van der Waals surface area contributed by atoms with Gasteiger partial charge in [0.05, 0.1) is 6.20 Å². The van der Waals surface area contributed by atoms with Crippen LogP contribution in [0.15, 0.2) is 48.8 Å². The summed E-state index contributed by atoms with van der Waals surface area (Å²) in [6.45, 7) is 0. The molecule has 3 nitrogen and oxygen atoms in total. The van der Waals surface area contributed by atoms with Gasteiger partial charge in [-0.15, -0.1) is 0 Å². The van der Waals surface area contributed by atoms with Crippen LogP contribution in [0.4, 0.5) is 0 Å². The van der Waals surface area contributed by atoms with E-state index in [0.717, 1.165) is 0 Å². The molecule has 0 radical (unpaired) electrons. The Bertz CT molecular complexity index is 494. The van der Waals surface area contributed by atoms with Crippen molar-refractivity contribution in [3.63, 3.8) is 0 Å². The van der Waals surface area contributed by atoms with Crippen molar-refractivity contribution in [1.82, 2.24) is 5.10 Å². The molecule has 0 saturated heterocycles. The molecule has 1 heterocycles.